The SMILES string of the molecule is BC(O)(O)Oc1cc2c(cc1CC(C)C)-n1c(-c3ccsc3)nc(C(=O)N3CCOCC3(C)C)c1CC2. The van der Waals surface area contributed by atoms with E-state index in [2.05, 4.69) is 24.5 Å². The van der Waals surface area contributed by atoms with Gasteiger partial charge in [-0.15, -0.1) is 0 Å². The molecule has 0 bridgehead atoms. The van der Waals surface area contributed by atoms with Gasteiger partial charge in [0.1, 0.15) is 11.6 Å². The minimum atomic E-state index is -2.28. The largest absolute Gasteiger partial charge is 0.448 e. The van der Waals surface area contributed by atoms with Crippen LogP contribution in [0.15, 0.2) is 29.0 Å². The average Bonchev–Trinajstić information content (AvgIpc) is 3.45. The van der Waals surface area contributed by atoms with E-state index in [4.69, 9.17) is 14.5 Å². The standard InChI is InChI=1S/C27H34BN3O5S/c1-16(2)11-19-12-21-17(13-22(19)36-27(28,33)34)5-6-20-23(25(32)30-8-9-35-15-26(30,3)4)29-24(31(20)21)18-7-10-37-14-18/h7,10,12-14,16,33-34H,5-6,8-9,11,15,28H2,1-4H3. The first-order chi connectivity index (χ1) is 17.4. The van der Waals surface area contributed by atoms with Crippen LogP contribution in [0.1, 0.15) is 55.0 Å². The first-order valence-corrected chi connectivity index (χ1v) is 13.7. The smallest absolute Gasteiger partial charge is 0.274 e. The second-order valence-corrected chi connectivity index (χ2v) is 11.9. The van der Waals surface area contributed by atoms with Crippen LogP contribution in [-0.2, 0) is 24.0 Å². The van der Waals surface area contributed by atoms with Gasteiger partial charge in [-0.3, -0.25) is 9.36 Å². The molecule has 196 valence electrons. The van der Waals surface area contributed by atoms with Crippen LogP contribution in [0.5, 0.6) is 5.75 Å². The Balaban J connectivity index is 1.68. The lowest BCUT2D eigenvalue weighted by molar-refractivity contribution is -0.223. The average molecular weight is 523 g/mol. The van der Waals surface area contributed by atoms with Gasteiger partial charge in [0.05, 0.1) is 30.1 Å². The van der Waals surface area contributed by atoms with Crippen molar-refractivity contribution in [1.82, 2.24) is 14.5 Å². The molecule has 0 saturated carbocycles. The molecule has 2 N–H and O–H groups in total. The van der Waals surface area contributed by atoms with E-state index < -0.39 is 11.4 Å². The number of aromatic nitrogens is 2. The molecule has 8 nitrogen and oxygen atoms in total. The molecule has 2 aromatic heterocycles. The number of hydrogen-bond acceptors (Lipinski definition) is 7. The summed E-state index contributed by atoms with van der Waals surface area (Å²) in [7, 11) is 1.21. The fourth-order valence-electron chi connectivity index (χ4n) is 5.28. The van der Waals surface area contributed by atoms with Gasteiger partial charge in [-0.25, -0.2) is 4.98 Å². The van der Waals surface area contributed by atoms with Gasteiger partial charge in [-0.1, -0.05) is 13.8 Å². The van der Waals surface area contributed by atoms with E-state index in [1.54, 1.807) is 11.3 Å². The zero-order chi connectivity index (χ0) is 26.5. The highest BCUT2D eigenvalue weighted by Gasteiger charge is 2.38. The van der Waals surface area contributed by atoms with E-state index in [-0.39, 0.29) is 5.91 Å². The van der Waals surface area contributed by atoms with Crippen molar-refractivity contribution in [2.45, 2.75) is 58.4 Å². The summed E-state index contributed by atoms with van der Waals surface area (Å²) < 4.78 is 13.3. The van der Waals surface area contributed by atoms with Crippen LogP contribution in [0.25, 0.3) is 17.1 Å². The Morgan fingerprint density at radius 3 is 2.76 bits per heavy atom. The topological polar surface area (TPSA) is 97.0 Å². The third-order valence-corrected chi connectivity index (χ3v) is 7.59. The van der Waals surface area contributed by atoms with E-state index in [0.717, 1.165) is 33.9 Å². The third kappa shape index (κ3) is 5.08. The molecule has 0 atom stereocenters. The lowest BCUT2D eigenvalue weighted by Crippen LogP contribution is -2.55. The van der Waals surface area contributed by atoms with Crippen molar-refractivity contribution >= 4 is 25.1 Å². The summed E-state index contributed by atoms with van der Waals surface area (Å²) >= 11 is 1.59. The molecule has 0 spiro atoms. The summed E-state index contributed by atoms with van der Waals surface area (Å²) in [6.45, 7) is 9.81. The molecule has 2 aliphatic rings. The molecular formula is C27H34BN3O5S. The summed E-state index contributed by atoms with van der Waals surface area (Å²) in [5, 5.41) is 24.0. The Kier molecular flexibility index (Phi) is 6.72. The van der Waals surface area contributed by atoms with Crippen molar-refractivity contribution in [2.24, 2.45) is 5.92 Å². The Hall–Kier alpha value is -2.66. The first kappa shape index (κ1) is 26.0. The molecule has 1 saturated heterocycles. The number of imidazole rings is 1. The second-order valence-electron chi connectivity index (χ2n) is 11.1. The van der Waals surface area contributed by atoms with Gasteiger partial charge < -0.3 is 24.6 Å². The number of nitrogens with zero attached hydrogens (tertiary/aromatic N) is 3. The van der Waals surface area contributed by atoms with E-state index in [1.165, 1.54) is 7.85 Å². The van der Waals surface area contributed by atoms with Gasteiger partial charge in [0, 0.05) is 17.5 Å². The zero-order valence-electron chi connectivity index (χ0n) is 22.1. The molecule has 3 aromatic rings. The van der Waals surface area contributed by atoms with Gasteiger partial charge >= 0.3 is 0 Å². The van der Waals surface area contributed by atoms with Gasteiger partial charge in [-0.2, -0.15) is 11.3 Å². The van der Waals surface area contributed by atoms with E-state index in [9.17, 15) is 15.0 Å². The molecule has 1 aromatic carbocycles. The van der Waals surface area contributed by atoms with Gasteiger partial charge in [0.15, 0.2) is 5.69 Å². The molecule has 4 heterocycles. The Labute approximate surface area is 222 Å². The van der Waals surface area contributed by atoms with Crippen LogP contribution in [0, 0.1) is 5.92 Å². The number of thiophene rings is 1. The van der Waals surface area contributed by atoms with Crippen molar-refractivity contribution in [3.8, 4) is 22.8 Å². The van der Waals surface area contributed by atoms with Crippen molar-refractivity contribution in [3.05, 3.63) is 51.5 Å². The highest BCUT2D eigenvalue weighted by Crippen LogP contribution is 2.39. The number of ether oxygens (including phenoxy) is 2. The summed E-state index contributed by atoms with van der Waals surface area (Å²) in [6.07, 6.45) is 2.02. The minimum Gasteiger partial charge on any atom is -0.448 e. The molecule has 37 heavy (non-hydrogen) atoms. The molecule has 5 rings (SSSR count). The van der Waals surface area contributed by atoms with Crippen LogP contribution in [0.4, 0.5) is 0 Å². The Bertz CT molecular complexity index is 1310. The van der Waals surface area contributed by atoms with Gasteiger partial charge in [-0.05, 0) is 73.7 Å². The molecule has 0 aliphatic carbocycles. The predicted octanol–water partition coefficient (Wildman–Crippen LogP) is 2.76. The van der Waals surface area contributed by atoms with Crippen molar-refractivity contribution < 1.29 is 24.5 Å². The number of rotatable bonds is 6. The number of fused-ring (bicyclic) bond motifs is 3. The maximum absolute atomic E-state index is 13.9. The number of morpholine rings is 1. The lowest BCUT2D eigenvalue weighted by atomic mass is 9.94. The van der Waals surface area contributed by atoms with Gasteiger partial charge in [0.2, 0.25) is 7.85 Å². The number of hydrogen-bond donors (Lipinski definition) is 2. The third-order valence-electron chi connectivity index (χ3n) is 6.91. The zero-order valence-corrected chi connectivity index (χ0v) is 22.9. The number of aliphatic hydroxyl groups is 2. The first-order valence-electron chi connectivity index (χ1n) is 12.8. The Morgan fingerprint density at radius 2 is 2.11 bits per heavy atom. The number of aryl methyl sites for hydroxylation is 1. The number of amides is 1. The molecule has 10 heteroatoms. The van der Waals surface area contributed by atoms with Crippen LogP contribution >= 0.6 is 11.3 Å². The van der Waals surface area contributed by atoms with Crippen molar-refractivity contribution in [3.63, 3.8) is 0 Å². The molecule has 1 fully saturated rings. The summed E-state index contributed by atoms with van der Waals surface area (Å²) in [6, 6.07) is 5.99. The summed E-state index contributed by atoms with van der Waals surface area (Å²) in [4.78, 5) is 20.8. The minimum absolute atomic E-state index is 0.0688. The fraction of sp³-hybridized carbons (Fsp3) is 0.481. The predicted molar refractivity (Wildman–Crippen MR) is 145 cm³/mol. The van der Waals surface area contributed by atoms with Gasteiger partial charge in [0.25, 0.3) is 11.8 Å². The van der Waals surface area contributed by atoms with Crippen LogP contribution < -0.4 is 4.74 Å². The molecular weight excluding hydrogens is 489 g/mol. The molecule has 0 radical (unpaired) electrons. The van der Waals surface area contributed by atoms with Crippen molar-refractivity contribution in [2.75, 3.05) is 19.8 Å². The Morgan fingerprint density at radius 1 is 1.32 bits per heavy atom. The number of carbonyl (C=O) groups is 1. The normalized spacial score (nSPS) is 17.0. The van der Waals surface area contributed by atoms with Crippen LogP contribution in [-0.4, -0.2) is 69.6 Å². The molecule has 0 unspecified atom stereocenters. The maximum Gasteiger partial charge on any atom is 0.274 e. The summed E-state index contributed by atoms with van der Waals surface area (Å²) in [5.74, 6) is -0.814. The van der Waals surface area contributed by atoms with Crippen LogP contribution in [0.3, 0.4) is 0 Å². The highest BCUT2D eigenvalue weighted by atomic mass is 32.1. The quantitative estimate of drug-likeness (QED) is 0.381. The number of carbonyl (C=O) groups excluding carboxylic acids is 1. The lowest BCUT2D eigenvalue weighted by Gasteiger charge is -2.41. The van der Waals surface area contributed by atoms with E-state index in [1.807, 2.05) is 41.6 Å². The van der Waals surface area contributed by atoms with E-state index in [0.29, 0.717) is 56.4 Å². The molecule has 1 amide bonds. The highest BCUT2D eigenvalue weighted by molar-refractivity contribution is 7.08. The monoisotopic (exact) mass is 523 g/mol. The fourth-order valence-corrected chi connectivity index (χ4v) is 5.92. The van der Waals surface area contributed by atoms with Crippen LogP contribution in [0.2, 0.25) is 0 Å². The van der Waals surface area contributed by atoms with E-state index >= 15 is 0 Å². The second kappa shape index (κ2) is 9.58. The van der Waals surface area contributed by atoms with Crippen molar-refractivity contribution in [1.29, 1.82) is 0 Å². The molecule has 2 aliphatic heterocycles. The summed E-state index contributed by atoms with van der Waals surface area (Å²) in [5.41, 5.74) is 4.78. The maximum atomic E-state index is 13.9. The number of benzene rings is 1.